The van der Waals surface area contributed by atoms with E-state index in [1.165, 1.54) is 0 Å². The van der Waals surface area contributed by atoms with Crippen LogP contribution in [0.25, 0.3) is 0 Å². The molecule has 138 valence electrons. The molecule has 2 aromatic carbocycles. The molecule has 0 aromatic heterocycles. The summed E-state index contributed by atoms with van der Waals surface area (Å²) in [5.74, 6) is -0.968. The second-order valence-electron chi connectivity index (χ2n) is 6.86. The number of ether oxygens (including phenoxy) is 1. The van der Waals surface area contributed by atoms with Gasteiger partial charge in [0.2, 0.25) is 0 Å². The summed E-state index contributed by atoms with van der Waals surface area (Å²) in [5.41, 5.74) is 3.33. The average molecular weight is 363 g/mol. The topological polar surface area (TPSA) is 75.6 Å². The smallest absolute Gasteiger partial charge is 0.340 e. The van der Waals surface area contributed by atoms with Gasteiger partial charge >= 0.3 is 11.9 Å². The molecule has 0 radical (unpaired) electrons. The molecule has 1 heterocycles. The minimum absolute atomic E-state index is 0.141. The second-order valence-corrected chi connectivity index (χ2v) is 6.86. The maximum Gasteiger partial charge on any atom is 0.340 e. The van der Waals surface area contributed by atoms with Gasteiger partial charge in [-0.05, 0) is 42.5 Å². The van der Waals surface area contributed by atoms with Gasteiger partial charge in [-0.3, -0.25) is 0 Å². The summed E-state index contributed by atoms with van der Waals surface area (Å²) in [6, 6.07) is 12.5. The van der Waals surface area contributed by atoms with E-state index in [0.717, 1.165) is 23.2 Å². The van der Waals surface area contributed by atoms with Crippen LogP contribution in [-0.2, 0) is 4.74 Å². The van der Waals surface area contributed by atoms with Gasteiger partial charge in [-0.2, -0.15) is 0 Å². The first-order chi connectivity index (χ1) is 13.1. The molecule has 3 atom stereocenters. The van der Waals surface area contributed by atoms with Crippen molar-refractivity contribution in [2.45, 2.75) is 25.3 Å². The number of carbonyl (C=O) groups is 2. The summed E-state index contributed by atoms with van der Waals surface area (Å²) in [4.78, 5) is 24.2. The Morgan fingerprint density at radius 2 is 1.85 bits per heavy atom. The van der Waals surface area contributed by atoms with Gasteiger partial charge in [-0.1, -0.05) is 42.5 Å². The molecule has 2 aromatic rings. The number of fused-ring (bicyclic) bond motifs is 3. The number of rotatable bonds is 4. The summed E-state index contributed by atoms with van der Waals surface area (Å²) in [6.07, 6.45) is 5.16. The van der Waals surface area contributed by atoms with Crippen LogP contribution in [0.15, 0.2) is 54.6 Å². The van der Waals surface area contributed by atoms with E-state index in [4.69, 9.17) is 4.74 Å². The van der Waals surface area contributed by atoms with Gasteiger partial charge in [0.1, 0.15) is 0 Å². The van der Waals surface area contributed by atoms with E-state index >= 15 is 0 Å². The Bertz CT molecular complexity index is 934. The zero-order chi connectivity index (χ0) is 19.0. The van der Waals surface area contributed by atoms with Crippen LogP contribution in [0.4, 0.5) is 5.69 Å². The maximum atomic E-state index is 12.5. The van der Waals surface area contributed by atoms with Crippen molar-refractivity contribution in [3.05, 3.63) is 76.9 Å². The highest BCUT2D eigenvalue weighted by atomic mass is 16.5. The SMILES string of the molecule is CCOC(=O)c1cccc2c1N[C@H](c1ccccc1C(=O)O)[C@H]1CC=C[C@@H]21. The summed E-state index contributed by atoms with van der Waals surface area (Å²) in [7, 11) is 0. The number of nitrogens with one attached hydrogen (secondary N) is 1. The number of esters is 1. The Labute approximate surface area is 157 Å². The van der Waals surface area contributed by atoms with Crippen molar-refractivity contribution in [2.24, 2.45) is 5.92 Å². The number of benzene rings is 2. The van der Waals surface area contributed by atoms with Crippen molar-refractivity contribution >= 4 is 17.6 Å². The lowest BCUT2D eigenvalue weighted by Crippen LogP contribution is -2.31. The predicted molar refractivity (Wildman–Crippen MR) is 102 cm³/mol. The number of carbonyl (C=O) groups excluding carboxylic acids is 1. The van der Waals surface area contributed by atoms with Crippen molar-refractivity contribution in [3.8, 4) is 0 Å². The van der Waals surface area contributed by atoms with Crippen molar-refractivity contribution < 1.29 is 19.4 Å². The molecule has 0 unspecified atom stereocenters. The fraction of sp³-hybridized carbons (Fsp3) is 0.273. The molecule has 0 saturated carbocycles. The van der Waals surface area contributed by atoms with Crippen LogP contribution in [0.2, 0.25) is 0 Å². The average Bonchev–Trinajstić information content (AvgIpc) is 3.17. The molecule has 0 bridgehead atoms. The number of hydrogen-bond acceptors (Lipinski definition) is 4. The van der Waals surface area contributed by atoms with Gasteiger partial charge in [0.25, 0.3) is 0 Å². The monoisotopic (exact) mass is 363 g/mol. The van der Waals surface area contributed by atoms with Gasteiger partial charge in [0.15, 0.2) is 0 Å². The molecule has 1 aliphatic carbocycles. The van der Waals surface area contributed by atoms with Crippen molar-refractivity contribution in [3.63, 3.8) is 0 Å². The first kappa shape index (κ1) is 17.3. The standard InChI is InChI=1S/C22H21NO4/c1-2-27-22(26)18-12-6-11-15-13-9-5-10-14(13)19(23-20(15)18)16-7-3-4-8-17(16)21(24)25/h3-9,11-14,19,23H,2,10H2,1H3,(H,24,25)/t13-,14+,19+/m1/s1. The number of carboxylic acids is 1. The zero-order valence-electron chi connectivity index (χ0n) is 15.0. The molecule has 2 aliphatic rings. The molecular formula is C22H21NO4. The fourth-order valence-corrected chi connectivity index (χ4v) is 4.27. The summed E-state index contributed by atoms with van der Waals surface area (Å²) in [5, 5.41) is 13.1. The zero-order valence-corrected chi connectivity index (χ0v) is 15.0. The van der Waals surface area contributed by atoms with Crippen LogP contribution in [0.3, 0.4) is 0 Å². The maximum absolute atomic E-state index is 12.5. The molecule has 5 heteroatoms. The Kier molecular flexibility index (Phi) is 4.44. The second kappa shape index (κ2) is 6.91. The fourth-order valence-electron chi connectivity index (χ4n) is 4.27. The van der Waals surface area contributed by atoms with Crippen LogP contribution in [0.5, 0.6) is 0 Å². The first-order valence-corrected chi connectivity index (χ1v) is 9.17. The van der Waals surface area contributed by atoms with E-state index in [0.29, 0.717) is 12.2 Å². The van der Waals surface area contributed by atoms with E-state index in [2.05, 4.69) is 17.5 Å². The highest BCUT2D eigenvalue weighted by Crippen LogP contribution is 2.51. The molecule has 2 N–H and O–H groups in total. The van der Waals surface area contributed by atoms with Crippen LogP contribution in [0, 0.1) is 5.92 Å². The summed E-state index contributed by atoms with van der Waals surface area (Å²) < 4.78 is 5.22. The summed E-state index contributed by atoms with van der Waals surface area (Å²) >= 11 is 0. The molecule has 27 heavy (non-hydrogen) atoms. The third kappa shape index (κ3) is 2.89. The molecular weight excluding hydrogens is 342 g/mol. The van der Waals surface area contributed by atoms with E-state index in [9.17, 15) is 14.7 Å². The normalized spacial score (nSPS) is 22.5. The van der Waals surface area contributed by atoms with Gasteiger partial charge in [-0.25, -0.2) is 9.59 Å². The number of aromatic carboxylic acids is 1. The van der Waals surface area contributed by atoms with E-state index < -0.39 is 5.97 Å². The van der Waals surface area contributed by atoms with Crippen LogP contribution in [-0.4, -0.2) is 23.7 Å². The van der Waals surface area contributed by atoms with Crippen molar-refractivity contribution in [2.75, 3.05) is 11.9 Å². The quantitative estimate of drug-likeness (QED) is 0.622. The molecule has 1 aliphatic heterocycles. The van der Waals surface area contributed by atoms with Crippen LogP contribution in [0.1, 0.15) is 57.1 Å². The van der Waals surface area contributed by atoms with Gasteiger partial charge < -0.3 is 15.2 Å². The van der Waals surface area contributed by atoms with Gasteiger partial charge in [0.05, 0.1) is 29.5 Å². The molecule has 0 fully saturated rings. The molecule has 4 rings (SSSR count). The predicted octanol–water partition coefficient (Wildman–Crippen LogP) is 4.39. The Morgan fingerprint density at radius 3 is 2.63 bits per heavy atom. The van der Waals surface area contributed by atoms with Gasteiger partial charge in [-0.15, -0.1) is 0 Å². The van der Waals surface area contributed by atoms with E-state index in [-0.39, 0.29) is 29.4 Å². The molecule has 0 spiro atoms. The van der Waals surface area contributed by atoms with E-state index in [1.807, 2.05) is 24.3 Å². The highest BCUT2D eigenvalue weighted by molar-refractivity contribution is 5.97. The summed E-state index contributed by atoms with van der Waals surface area (Å²) in [6.45, 7) is 2.09. The lowest BCUT2D eigenvalue weighted by molar-refractivity contribution is 0.0526. The number of para-hydroxylation sites is 1. The third-order valence-electron chi connectivity index (χ3n) is 5.42. The lowest BCUT2D eigenvalue weighted by Gasteiger charge is -2.38. The largest absolute Gasteiger partial charge is 0.478 e. The highest BCUT2D eigenvalue weighted by Gasteiger charge is 2.40. The number of hydrogen-bond donors (Lipinski definition) is 2. The lowest BCUT2D eigenvalue weighted by atomic mass is 9.75. The molecule has 0 saturated heterocycles. The Morgan fingerprint density at radius 1 is 1.11 bits per heavy atom. The minimum Gasteiger partial charge on any atom is -0.478 e. The Balaban J connectivity index is 1.84. The Hall–Kier alpha value is -3.08. The number of carboxylic acid groups (broad SMARTS) is 1. The van der Waals surface area contributed by atoms with Gasteiger partial charge in [0, 0.05) is 5.92 Å². The van der Waals surface area contributed by atoms with Crippen molar-refractivity contribution in [1.29, 1.82) is 0 Å². The third-order valence-corrected chi connectivity index (χ3v) is 5.42. The molecule has 5 nitrogen and oxygen atoms in total. The minimum atomic E-state index is -0.945. The van der Waals surface area contributed by atoms with E-state index in [1.54, 1.807) is 25.1 Å². The number of allylic oxidation sites excluding steroid dienone is 2. The van der Waals surface area contributed by atoms with Crippen LogP contribution >= 0.6 is 0 Å². The van der Waals surface area contributed by atoms with Crippen molar-refractivity contribution in [1.82, 2.24) is 0 Å². The molecule has 0 amide bonds. The number of anilines is 1. The first-order valence-electron chi connectivity index (χ1n) is 9.17. The van der Waals surface area contributed by atoms with Crippen LogP contribution < -0.4 is 5.32 Å².